The van der Waals surface area contributed by atoms with E-state index < -0.39 is 5.97 Å². The number of halogens is 2. The van der Waals surface area contributed by atoms with E-state index in [0.29, 0.717) is 28.6 Å². The molecule has 0 amide bonds. The maximum Gasteiger partial charge on any atom is 0.339 e. The van der Waals surface area contributed by atoms with Gasteiger partial charge in [0.05, 0.1) is 18.4 Å². The summed E-state index contributed by atoms with van der Waals surface area (Å²) in [7, 11) is 1.37. The van der Waals surface area contributed by atoms with E-state index in [2.05, 4.69) is 4.98 Å². The lowest BCUT2D eigenvalue weighted by atomic mass is 9.96. The van der Waals surface area contributed by atoms with Crippen LogP contribution in [0.3, 0.4) is 0 Å². The molecule has 0 atom stereocenters. The third-order valence-electron chi connectivity index (χ3n) is 5.63. The fourth-order valence-corrected chi connectivity index (χ4v) is 4.15. The average molecular weight is 452 g/mol. The summed E-state index contributed by atoms with van der Waals surface area (Å²) in [6.45, 7) is 2.11. The molecule has 0 saturated heterocycles. The Bertz CT molecular complexity index is 1190. The Labute approximate surface area is 191 Å². The van der Waals surface area contributed by atoms with Crippen molar-refractivity contribution >= 4 is 28.7 Å². The number of hydrogen-bond donors (Lipinski definition) is 0. The molecule has 2 aromatic carbocycles. The Morgan fingerprint density at radius 2 is 1.84 bits per heavy atom. The molecule has 1 aromatic heterocycles. The van der Waals surface area contributed by atoms with Crippen molar-refractivity contribution < 1.29 is 18.7 Å². The number of methoxy groups -OCH3 is 1. The Morgan fingerprint density at radius 3 is 2.59 bits per heavy atom. The maximum absolute atomic E-state index is 13.2. The predicted molar refractivity (Wildman–Crippen MR) is 123 cm³/mol. The van der Waals surface area contributed by atoms with Crippen molar-refractivity contribution in [1.82, 2.24) is 4.98 Å². The number of allylic oxidation sites excluding steroid dienone is 2. The predicted octanol–water partition coefficient (Wildman–Crippen LogP) is 6.64. The van der Waals surface area contributed by atoms with E-state index in [0.717, 1.165) is 47.1 Å². The number of aromatic nitrogens is 1. The third-order valence-corrected chi connectivity index (χ3v) is 5.87. The number of esters is 1. The van der Waals surface area contributed by atoms with Crippen molar-refractivity contribution in [2.24, 2.45) is 0 Å². The van der Waals surface area contributed by atoms with E-state index in [1.54, 1.807) is 31.3 Å². The van der Waals surface area contributed by atoms with Crippen LogP contribution < -0.4 is 4.74 Å². The standard InChI is InChI=1S/C26H23ClFNO3/c1-16-23(26(30)31-2)12-18(14-29-16)21-4-3-5-22(21)24-13-19(27)8-11-25(24)32-15-17-6-9-20(28)10-7-17/h6-14H,3-5,15H2,1-2H3. The van der Waals surface area contributed by atoms with Gasteiger partial charge in [-0.25, -0.2) is 9.18 Å². The molecule has 1 aliphatic carbocycles. The fraction of sp³-hybridized carbons (Fsp3) is 0.231. The first-order valence-corrected chi connectivity index (χ1v) is 10.8. The van der Waals surface area contributed by atoms with E-state index in [1.165, 1.54) is 19.2 Å². The highest BCUT2D eigenvalue weighted by Gasteiger charge is 2.23. The van der Waals surface area contributed by atoms with Crippen LogP contribution in [0.2, 0.25) is 5.02 Å². The Balaban J connectivity index is 1.71. The molecule has 0 bridgehead atoms. The number of carbonyl (C=O) groups is 1. The largest absolute Gasteiger partial charge is 0.488 e. The second-order valence-electron chi connectivity index (χ2n) is 7.71. The number of hydrogen-bond acceptors (Lipinski definition) is 4. The van der Waals surface area contributed by atoms with Gasteiger partial charge < -0.3 is 9.47 Å². The molecule has 1 aliphatic rings. The summed E-state index contributed by atoms with van der Waals surface area (Å²) in [5, 5.41) is 0.616. The van der Waals surface area contributed by atoms with E-state index in [9.17, 15) is 9.18 Å². The van der Waals surface area contributed by atoms with Crippen molar-refractivity contribution in [3.05, 3.63) is 93.5 Å². The summed E-state index contributed by atoms with van der Waals surface area (Å²) in [6.07, 6.45) is 4.51. The van der Waals surface area contributed by atoms with Gasteiger partial charge in [-0.15, -0.1) is 0 Å². The number of ether oxygens (including phenoxy) is 2. The first-order chi connectivity index (χ1) is 15.5. The highest BCUT2D eigenvalue weighted by molar-refractivity contribution is 6.30. The minimum Gasteiger partial charge on any atom is -0.488 e. The second-order valence-corrected chi connectivity index (χ2v) is 8.15. The molecule has 4 nitrogen and oxygen atoms in total. The van der Waals surface area contributed by atoms with Crippen molar-refractivity contribution in [3.8, 4) is 5.75 Å². The molecule has 0 aliphatic heterocycles. The number of carbonyl (C=O) groups excluding carboxylic acids is 1. The van der Waals surface area contributed by atoms with Gasteiger partial charge in [0.15, 0.2) is 0 Å². The van der Waals surface area contributed by atoms with Crippen LogP contribution >= 0.6 is 11.6 Å². The van der Waals surface area contributed by atoms with Crippen LogP contribution in [0.5, 0.6) is 5.75 Å². The molecule has 0 spiro atoms. The first kappa shape index (κ1) is 22.0. The van der Waals surface area contributed by atoms with Gasteiger partial charge in [-0.1, -0.05) is 23.7 Å². The van der Waals surface area contributed by atoms with Gasteiger partial charge in [-0.05, 0) is 84.9 Å². The van der Waals surface area contributed by atoms with Gasteiger partial charge in [0.25, 0.3) is 0 Å². The van der Waals surface area contributed by atoms with E-state index in [4.69, 9.17) is 21.1 Å². The molecule has 0 saturated carbocycles. The van der Waals surface area contributed by atoms with Gasteiger partial charge >= 0.3 is 5.97 Å². The zero-order chi connectivity index (χ0) is 22.7. The lowest BCUT2D eigenvalue weighted by Crippen LogP contribution is -2.06. The fourth-order valence-electron chi connectivity index (χ4n) is 3.98. The molecule has 0 fully saturated rings. The molecular formula is C26H23ClFNO3. The van der Waals surface area contributed by atoms with Gasteiger partial charge in [-0.2, -0.15) is 0 Å². The normalized spacial score (nSPS) is 13.4. The van der Waals surface area contributed by atoms with Crippen LogP contribution in [0.1, 0.15) is 52.0 Å². The molecule has 1 heterocycles. The Hall–Kier alpha value is -3.18. The van der Waals surface area contributed by atoms with Crippen molar-refractivity contribution in [1.29, 1.82) is 0 Å². The highest BCUT2D eigenvalue weighted by Crippen LogP contribution is 2.43. The van der Waals surface area contributed by atoms with Crippen LogP contribution in [0.4, 0.5) is 4.39 Å². The smallest absolute Gasteiger partial charge is 0.339 e. The molecule has 0 unspecified atom stereocenters. The van der Waals surface area contributed by atoms with Crippen LogP contribution in [0, 0.1) is 12.7 Å². The molecular weight excluding hydrogens is 429 g/mol. The first-order valence-electron chi connectivity index (χ1n) is 10.4. The van der Waals surface area contributed by atoms with Gasteiger partial charge in [-0.3, -0.25) is 4.98 Å². The zero-order valence-electron chi connectivity index (χ0n) is 18.0. The number of rotatable bonds is 6. The molecule has 6 heteroatoms. The van der Waals surface area contributed by atoms with E-state index in [-0.39, 0.29) is 5.82 Å². The lowest BCUT2D eigenvalue weighted by Gasteiger charge is -2.16. The van der Waals surface area contributed by atoms with Crippen molar-refractivity contribution in [2.45, 2.75) is 32.8 Å². The van der Waals surface area contributed by atoms with Crippen molar-refractivity contribution in [2.75, 3.05) is 7.11 Å². The molecule has 32 heavy (non-hydrogen) atoms. The number of aryl methyl sites for hydroxylation is 1. The lowest BCUT2D eigenvalue weighted by molar-refractivity contribution is 0.0599. The van der Waals surface area contributed by atoms with Crippen molar-refractivity contribution in [3.63, 3.8) is 0 Å². The summed E-state index contributed by atoms with van der Waals surface area (Å²) < 4.78 is 24.2. The highest BCUT2D eigenvalue weighted by atomic mass is 35.5. The summed E-state index contributed by atoms with van der Waals surface area (Å²) in [6, 6.07) is 13.7. The van der Waals surface area contributed by atoms with E-state index >= 15 is 0 Å². The van der Waals surface area contributed by atoms with Gasteiger partial charge in [0, 0.05) is 16.8 Å². The zero-order valence-corrected chi connectivity index (χ0v) is 18.7. The third kappa shape index (κ3) is 4.68. The van der Waals surface area contributed by atoms with Crippen LogP contribution in [-0.2, 0) is 11.3 Å². The maximum atomic E-state index is 13.2. The molecule has 3 aromatic rings. The Kier molecular flexibility index (Phi) is 6.56. The number of nitrogens with zero attached hydrogens (tertiary/aromatic N) is 1. The van der Waals surface area contributed by atoms with Gasteiger partial charge in [0.1, 0.15) is 18.2 Å². The minimum atomic E-state index is -0.400. The topological polar surface area (TPSA) is 48.4 Å². The van der Waals surface area contributed by atoms with E-state index in [1.807, 2.05) is 18.2 Å². The minimum absolute atomic E-state index is 0.278. The van der Waals surface area contributed by atoms with Crippen LogP contribution in [0.15, 0.2) is 54.7 Å². The van der Waals surface area contributed by atoms with Crippen LogP contribution in [-0.4, -0.2) is 18.1 Å². The van der Waals surface area contributed by atoms with Crippen LogP contribution in [0.25, 0.3) is 11.1 Å². The molecule has 164 valence electrons. The second kappa shape index (κ2) is 9.53. The summed E-state index contributed by atoms with van der Waals surface area (Å²) in [4.78, 5) is 16.6. The summed E-state index contributed by atoms with van der Waals surface area (Å²) in [5.41, 5.74) is 6.03. The monoisotopic (exact) mass is 451 g/mol. The molecule has 4 rings (SSSR count). The summed E-state index contributed by atoms with van der Waals surface area (Å²) in [5.74, 6) is 0.0316. The average Bonchev–Trinajstić information content (AvgIpc) is 3.29. The summed E-state index contributed by atoms with van der Waals surface area (Å²) >= 11 is 6.34. The Morgan fingerprint density at radius 1 is 1.09 bits per heavy atom. The molecule has 0 radical (unpaired) electrons. The number of benzene rings is 2. The quantitative estimate of drug-likeness (QED) is 0.394. The van der Waals surface area contributed by atoms with Gasteiger partial charge in [0.2, 0.25) is 0 Å². The molecule has 0 N–H and O–H groups in total. The number of pyridine rings is 1. The SMILES string of the molecule is COC(=O)c1cc(C2=C(c3cc(Cl)ccc3OCc3ccc(F)cc3)CCC2)cnc1C.